The quantitative estimate of drug-likeness (QED) is 0.233. The molecule has 2 aliphatic rings. The van der Waals surface area contributed by atoms with Crippen LogP contribution in [0.15, 0.2) is 64.8 Å². The highest BCUT2D eigenvalue weighted by atomic mass is 35.5. The van der Waals surface area contributed by atoms with Crippen molar-refractivity contribution in [1.29, 1.82) is 0 Å². The van der Waals surface area contributed by atoms with E-state index < -0.39 is 0 Å². The van der Waals surface area contributed by atoms with Crippen LogP contribution in [0, 0.1) is 22.1 Å². The van der Waals surface area contributed by atoms with Gasteiger partial charge in [-0.05, 0) is 89.7 Å². The molecule has 0 spiro atoms. The first kappa shape index (κ1) is 24.9. The van der Waals surface area contributed by atoms with Gasteiger partial charge in [-0.15, -0.1) is 11.3 Å². The monoisotopic (exact) mass is 548 g/mol. The zero-order valence-electron chi connectivity index (χ0n) is 20.9. The van der Waals surface area contributed by atoms with Crippen LogP contribution in [0.4, 0.5) is 4.39 Å². The predicted molar refractivity (Wildman–Crippen MR) is 149 cm³/mol. The summed E-state index contributed by atoms with van der Waals surface area (Å²) < 4.78 is 16.4. The third-order valence-electron chi connectivity index (χ3n) is 8.08. The average molecular weight is 549 g/mol. The van der Waals surface area contributed by atoms with Crippen LogP contribution in [-0.2, 0) is 17.8 Å². The lowest BCUT2D eigenvalue weighted by Crippen LogP contribution is -2.43. The van der Waals surface area contributed by atoms with Gasteiger partial charge in [-0.2, -0.15) is 10.0 Å². The van der Waals surface area contributed by atoms with Gasteiger partial charge in [0.25, 0.3) is 0 Å². The Labute approximate surface area is 228 Å². The summed E-state index contributed by atoms with van der Waals surface area (Å²) in [6.07, 6.45) is 6.28. The molecule has 4 aromatic rings. The van der Waals surface area contributed by atoms with E-state index in [1.165, 1.54) is 17.7 Å². The fourth-order valence-corrected chi connectivity index (χ4v) is 7.17. The number of thiophene rings is 1. The Morgan fingerprint density at radius 2 is 2.11 bits per heavy atom. The van der Waals surface area contributed by atoms with E-state index >= 15 is 0 Å². The molecule has 38 heavy (non-hydrogen) atoms. The van der Waals surface area contributed by atoms with Gasteiger partial charge in [0.1, 0.15) is 5.82 Å². The van der Waals surface area contributed by atoms with Gasteiger partial charge in [0.05, 0.1) is 24.1 Å². The number of hydrogen-bond donors (Lipinski definition) is 0. The van der Waals surface area contributed by atoms with Crippen LogP contribution >= 0.6 is 22.9 Å². The zero-order chi connectivity index (χ0) is 26.4. The molecule has 0 bridgehead atoms. The molecule has 0 N–H and O–H groups in total. The highest BCUT2D eigenvalue weighted by Crippen LogP contribution is 2.53. The first-order valence-corrected chi connectivity index (χ1v) is 13.9. The van der Waals surface area contributed by atoms with E-state index in [0.29, 0.717) is 18.0 Å². The minimum Gasteiger partial charge on any atom is -0.336 e. The molecule has 0 aliphatic heterocycles. The Balaban J connectivity index is 1.29. The van der Waals surface area contributed by atoms with Crippen LogP contribution in [0.25, 0.3) is 21.8 Å². The van der Waals surface area contributed by atoms with Gasteiger partial charge in [0, 0.05) is 34.1 Å². The number of benzene rings is 2. The largest absolute Gasteiger partial charge is 0.336 e. The summed E-state index contributed by atoms with van der Waals surface area (Å²) in [5.41, 5.74) is 4.77. The second-order valence-electron chi connectivity index (χ2n) is 10.3. The summed E-state index contributed by atoms with van der Waals surface area (Å²) >= 11 is 7.88. The maximum Gasteiger partial charge on any atom is 0.226 e. The molecule has 0 unspecified atom stereocenters. The molecule has 194 valence electrons. The van der Waals surface area contributed by atoms with Crippen LogP contribution in [0.1, 0.15) is 36.6 Å². The molecule has 1 amide bonds. The van der Waals surface area contributed by atoms with Crippen molar-refractivity contribution in [1.82, 2.24) is 14.7 Å². The molecule has 2 atom stereocenters. The van der Waals surface area contributed by atoms with E-state index in [9.17, 15) is 14.1 Å². The van der Waals surface area contributed by atoms with Crippen molar-refractivity contribution in [2.75, 3.05) is 13.1 Å². The third kappa shape index (κ3) is 4.25. The van der Waals surface area contributed by atoms with Gasteiger partial charge in [0.2, 0.25) is 5.91 Å². The Bertz CT molecular complexity index is 1580. The van der Waals surface area contributed by atoms with Crippen LogP contribution in [0.3, 0.4) is 0 Å². The third-order valence-corrected chi connectivity index (χ3v) is 9.33. The molecule has 9 heteroatoms. The van der Waals surface area contributed by atoms with Gasteiger partial charge >= 0.3 is 0 Å². The number of carbonyl (C=O) groups is 1. The number of carbonyl (C=O) groups excluding carboxylic acids is 1. The average Bonchev–Trinajstić information content (AvgIpc) is 3.59. The highest BCUT2D eigenvalue weighted by Gasteiger charge is 2.49. The minimum atomic E-state index is -0.340. The van der Waals surface area contributed by atoms with Gasteiger partial charge in [-0.1, -0.05) is 29.3 Å². The number of allylic oxidation sites excluding steroid dienone is 1. The van der Waals surface area contributed by atoms with Crippen molar-refractivity contribution >= 4 is 45.0 Å². The lowest BCUT2D eigenvalue weighted by atomic mass is 9.69. The highest BCUT2D eigenvalue weighted by molar-refractivity contribution is 7.17. The molecule has 6 nitrogen and oxygen atoms in total. The van der Waals surface area contributed by atoms with Gasteiger partial charge in [-0.25, -0.2) is 9.07 Å². The predicted octanol–water partition coefficient (Wildman–Crippen LogP) is 7.03. The van der Waals surface area contributed by atoms with E-state index in [2.05, 4.69) is 28.7 Å². The van der Waals surface area contributed by atoms with Crippen LogP contribution in [0.2, 0.25) is 5.02 Å². The van der Waals surface area contributed by atoms with Crippen molar-refractivity contribution in [3.05, 3.63) is 92.2 Å². The summed E-state index contributed by atoms with van der Waals surface area (Å²) in [7, 11) is 0. The zero-order valence-corrected chi connectivity index (χ0v) is 22.4. The normalized spacial score (nSPS) is 20.2. The fraction of sp³-hybridized carbons (Fsp3) is 0.310. The number of nitroso groups, excluding NO2 is 1. The Morgan fingerprint density at radius 3 is 2.89 bits per heavy atom. The number of fused-ring (bicyclic) bond motifs is 3. The molecule has 0 radical (unpaired) electrons. The van der Waals surface area contributed by atoms with Crippen molar-refractivity contribution in [2.45, 2.75) is 32.7 Å². The van der Waals surface area contributed by atoms with Gasteiger partial charge in [0.15, 0.2) is 0 Å². The fourth-order valence-electron chi connectivity index (χ4n) is 6.06. The SMILES string of the molecule is C[C@]12Cc3cnn(-c4ccc(F)cc4)c3C=C1CC[C@@H]2C(=O)N(CCN=O)Cc1csc2ccc(Cl)cc12. The smallest absolute Gasteiger partial charge is 0.226 e. The van der Waals surface area contributed by atoms with E-state index in [-0.39, 0.29) is 36.1 Å². The Morgan fingerprint density at radius 1 is 1.29 bits per heavy atom. The van der Waals surface area contributed by atoms with Crippen molar-refractivity contribution in [2.24, 2.45) is 16.5 Å². The Hall–Kier alpha value is -3.36. The number of halogens is 2. The number of aromatic nitrogens is 2. The summed E-state index contributed by atoms with van der Waals surface area (Å²) in [6, 6.07) is 12.1. The second kappa shape index (κ2) is 9.75. The van der Waals surface area contributed by atoms with Crippen molar-refractivity contribution in [3.8, 4) is 5.69 Å². The van der Waals surface area contributed by atoms with E-state index in [1.807, 2.05) is 29.1 Å². The first-order chi connectivity index (χ1) is 18.4. The molecule has 2 aromatic carbocycles. The minimum absolute atomic E-state index is 0.0509. The molecule has 2 aliphatic carbocycles. The molecule has 2 aromatic heterocycles. The maximum absolute atomic E-state index is 14.1. The van der Waals surface area contributed by atoms with Crippen molar-refractivity contribution < 1.29 is 9.18 Å². The molecule has 0 saturated heterocycles. The summed E-state index contributed by atoms with van der Waals surface area (Å²) in [6.45, 7) is 2.91. The summed E-state index contributed by atoms with van der Waals surface area (Å²) in [4.78, 5) is 26.9. The lowest BCUT2D eigenvalue weighted by Gasteiger charge is -2.37. The first-order valence-electron chi connectivity index (χ1n) is 12.6. The van der Waals surface area contributed by atoms with Crippen LogP contribution in [0.5, 0.6) is 0 Å². The van der Waals surface area contributed by atoms with E-state index in [1.54, 1.807) is 28.4 Å². The standard InChI is InChI=1S/C29H26ClFN4O2S/c1-29-14-18-15-32-35(23-6-4-22(31)5-7-23)26(18)12-20(29)2-8-25(29)28(36)34(11-10-33-37)16-19-17-38-27-9-3-21(30)13-24(19)27/h3-7,9,12-13,15,17,25H,2,8,10-11,14,16H2,1H3/t25-,29+/m1/s1. The van der Waals surface area contributed by atoms with Crippen LogP contribution in [-0.4, -0.2) is 33.7 Å². The maximum atomic E-state index is 14.1. The molecule has 6 rings (SSSR count). The number of hydrogen-bond acceptors (Lipinski definition) is 5. The van der Waals surface area contributed by atoms with Crippen molar-refractivity contribution in [3.63, 3.8) is 0 Å². The topological polar surface area (TPSA) is 67.6 Å². The second-order valence-corrected chi connectivity index (χ2v) is 11.7. The summed E-state index contributed by atoms with van der Waals surface area (Å²) in [5.74, 6) is -0.447. The molecular formula is C29H26ClFN4O2S. The van der Waals surface area contributed by atoms with E-state index in [4.69, 9.17) is 11.6 Å². The van der Waals surface area contributed by atoms with Gasteiger partial charge in [-0.3, -0.25) is 4.79 Å². The molecule has 2 heterocycles. The lowest BCUT2D eigenvalue weighted by molar-refractivity contribution is -0.138. The Kier molecular flexibility index (Phi) is 6.40. The molecular weight excluding hydrogens is 523 g/mol. The van der Waals surface area contributed by atoms with Crippen LogP contribution < -0.4 is 0 Å². The summed E-state index contributed by atoms with van der Waals surface area (Å²) in [5, 5.41) is 11.4. The van der Waals surface area contributed by atoms with E-state index in [0.717, 1.165) is 45.4 Å². The number of nitrogens with zero attached hydrogens (tertiary/aromatic N) is 4. The number of rotatable bonds is 7. The number of amides is 1. The molecule has 1 fully saturated rings. The van der Waals surface area contributed by atoms with Gasteiger partial charge < -0.3 is 4.90 Å². The molecule has 1 saturated carbocycles.